The minimum Gasteiger partial charge on any atom is -0.502 e. The second-order valence-corrected chi connectivity index (χ2v) is 7.05. The van der Waals surface area contributed by atoms with Crippen LogP contribution >= 0.6 is 11.6 Å². The van der Waals surface area contributed by atoms with E-state index in [2.05, 4.69) is 4.72 Å². The average molecular weight is 373 g/mol. The Hall–Kier alpha value is -2.36. The second kappa shape index (κ2) is 6.63. The molecule has 0 unspecified atom stereocenters. The number of hydrogen-bond donors (Lipinski definition) is 3. The van der Waals surface area contributed by atoms with Crippen molar-refractivity contribution in [2.24, 2.45) is 7.05 Å². The first kappa shape index (κ1) is 18.0. The molecule has 0 saturated carbocycles. The molecule has 0 bridgehead atoms. The third kappa shape index (κ3) is 3.58. The number of aromatic carboxylic acids is 1. The van der Waals surface area contributed by atoms with Gasteiger partial charge < -0.3 is 14.8 Å². The standard InChI is InChI=1S/C14H13ClN2O6S/c1-17-9(6-11(18)13(19)12(17)14(20)21)7-16-24(22,23)10-4-2-3-8(15)5-10/h2-6,16,19H,7H2,1H3,(H,20,21). The van der Waals surface area contributed by atoms with Crippen LogP contribution < -0.4 is 10.2 Å². The van der Waals surface area contributed by atoms with Crippen molar-refractivity contribution in [1.29, 1.82) is 0 Å². The Morgan fingerprint density at radius 3 is 2.58 bits per heavy atom. The molecular weight excluding hydrogens is 360 g/mol. The molecule has 0 spiro atoms. The molecule has 0 aliphatic rings. The van der Waals surface area contributed by atoms with Crippen LogP contribution in [-0.4, -0.2) is 29.2 Å². The molecule has 24 heavy (non-hydrogen) atoms. The van der Waals surface area contributed by atoms with E-state index in [-0.39, 0.29) is 22.2 Å². The second-order valence-electron chi connectivity index (χ2n) is 4.84. The zero-order valence-electron chi connectivity index (χ0n) is 12.4. The third-order valence-corrected chi connectivity index (χ3v) is 4.91. The third-order valence-electron chi connectivity index (χ3n) is 3.27. The smallest absolute Gasteiger partial charge is 0.356 e. The highest BCUT2D eigenvalue weighted by atomic mass is 35.5. The van der Waals surface area contributed by atoms with E-state index >= 15 is 0 Å². The number of hydrogen-bond acceptors (Lipinski definition) is 5. The van der Waals surface area contributed by atoms with E-state index < -0.39 is 32.9 Å². The molecule has 128 valence electrons. The Kier molecular flexibility index (Phi) is 4.97. The Balaban J connectivity index is 2.36. The minimum absolute atomic E-state index is 0.0702. The fraction of sp³-hybridized carbons (Fsp3) is 0.143. The first-order valence-electron chi connectivity index (χ1n) is 6.54. The highest BCUT2D eigenvalue weighted by Crippen LogP contribution is 2.17. The van der Waals surface area contributed by atoms with E-state index in [0.717, 1.165) is 10.6 Å². The van der Waals surface area contributed by atoms with E-state index in [1.807, 2.05) is 0 Å². The Morgan fingerprint density at radius 2 is 2.00 bits per heavy atom. The maximum Gasteiger partial charge on any atom is 0.356 e. The van der Waals surface area contributed by atoms with Crippen LogP contribution in [0.15, 0.2) is 40.0 Å². The summed E-state index contributed by atoms with van der Waals surface area (Å²) in [4.78, 5) is 22.7. The first-order chi connectivity index (χ1) is 11.1. The number of nitrogens with one attached hydrogen (secondary N) is 1. The molecule has 0 aliphatic carbocycles. The summed E-state index contributed by atoms with van der Waals surface area (Å²) in [6.07, 6.45) is 0. The topological polar surface area (TPSA) is 126 Å². The maximum absolute atomic E-state index is 12.2. The fourth-order valence-electron chi connectivity index (χ4n) is 2.04. The maximum atomic E-state index is 12.2. The van der Waals surface area contributed by atoms with Gasteiger partial charge in [0.1, 0.15) is 0 Å². The van der Waals surface area contributed by atoms with Gasteiger partial charge in [-0.1, -0.05) is 17.7 Å². The van der Waals surface area contributed by atoms with Gasteiger partial charge in [0.25, 0.3) is 0 Å². The highest BCUT2D eigenvalue weighted by Gasteiger charge is 2.20. The molecule has 2 aromatic rings. The van der Waals surface area contributed by atoms with Gasteiger partial charge in [0.2, 0.25) is 15.5 Å². The van der Waals surface area contributed by atoms with E-state index in [1.165, 1.54) is 31.3 Å². The first-order valence-corrected chi connectivity index (χ1v) is 8.40. The lowest BCUT2D eigenvalue weighted by atomic mass is 10.2. The lowest BCUT2D eigenvalue weighted by Gasteiger charge is -2.14. The van der Waals surface area contributed by atoms with Gasteiger partial charge >= 0.3 is 5.97 Å². The van der Waals surface area contributed by atoms with Crippen molar-refractivity contribution >= 4 is 27.6 Å². The molecule has 0 aliphatic heterocycles. The summed E-state index contributed by atoms with van der Waals surface area (Å²) < 4.78 is 27.7. The monoisotopic (exact) mass is 372 g/mol. The number of benzene rings is 1. The van der Waals surface area contributed by atoms with Crippen molar-refractivity contribution in [2.45, 2.75) is 11.4 Å². The molecule has 2 rings (SSSR count). The largest absolute Gasteiger partial charge is 0.502 e. The van der Waals surface area contributed by atoms with E-state index in [4.69, 9.17) is 16.7 Å². The summed E-state index contributed by atoms with van der Waals surface area (Å²) in [5.41, 5.74) is -1.47. The van der Waals surface area contributed by atoms with Crippen molar-refractivity contribution in [2.75, 3.05) is 0 Å². The summed E-state index contributed by atoms with van der Waals surface area (Å²) in [5, 5.41) is 18.8. The predicted molar refractivity (Wildman–Crippen MR) is 85.8 cm³/mol. The van der Waals surface area contributed by atoms with E-state index in [9.17, 15) is 23.1 Å². The van der Waals surface area contributed by atoms with Gasteiger partial charge in [-0.15, -0.1) is 0 Å². The van der Waals surface area contributed by atoms with Crippen LogP contribution in [0.1, 0.15) is 16.2 Å². The zero-order chi connectivity index (χ0) is 18.1. The number of halogens is 1. The molecule has 10 heteroatoms. The molecule has 8 nitrogen and oxygen atoms in total. The van der Waals surface area contributed by atoms with Gasteiger partial charge in [0, 0.05) is 23.8 Å². The summed E-state index contributed by atoms with van der Waals surface area (Å²) in [7, 11) is -2.62. The Bertz CT molecular complexity index is 968. The molecule has 1 aromatic carbocycles. The van der Waals surface area contributed by atoms with Crippen molar-refractivity contribution in [3.05, 3.63) is 57.0 Å². The number of sulfonamides is 1. The number of aromatic nitrogens is 1. The minimum atomic E-state index is -3.91. The molecule has 0 amide bonds. The van der Waals surface area contributed by atoms with Gasteiger partial charge in [-0.25, -0.2) is 17.9 Å². The SMILES string of the molecule is Cn1c(CNS(=O)(=O)c2cccc(Cl)c2)cc(=O)c(O)c1C(=O)O. The van der Waals surface area contributed by atoms with Crippen molar-refractivity contribution in [1.82, 2.24) is 9.29 Å². The van der Waals surface area contributed by atoms with Crippen LogP contribution in [-0.2, 0) is 23.6 Å². The van der Waals surface area contributed by atoms with Crippen LogP contribution in [0.25, 0.3) is 0 Å². The van der Waals surface area contributed by atoms with Crippen LogP contribution in [0.3, 0.4) is 0 Å². The summed E-state index contributed by atoms with van der Waals surface area (Å²) in [5.74, 6) is -2.42. The number of pyridine rings is 1. The molecule has 1 heterocycles. The quantitative estimate of drug-likeness (QED) is 0.716. The van der Waals surface area contributed by atoms with Crippen LogP contribution in [0.2, 0.25) is 5.02 Å². The number of aromatic hydroxyl groups is 1. The number of rotatable bonds is 5. The van der Waals surface area contributed by atoms with E-state index in [0.29, 0.717) is 0 Å². The van der Waals surface area contributed by atoms with Crippen molar-refractivity contribution < 1.29 is 23.4 Å². The van der Waals surface area contributed by atoms with Crippen LogP contribution in [0.5, 0.6) is 5.75 Å². The Labute approximate surface area is 142 Å². The molecular formula is C14H13ClN2O6S. The fourth-order valence-corrected chi connectivity index (χ4v) is 3.34. The van der Waals surface area contributed by atoms with Crippen molar-refractivity contribution in [3.8, 4) is 5.75 Å². The molecule has 1 aromatic heterocycles. The lowest BCUT2D eigenvalue weighted by molar-refractivity contribution is 0.0681. The van der Waals surface area contributed by atoms with Crippen molar-refractivity contribution in [3.63, 3.8) is 0 Å². The van der Waals surface area contributed by atoms with E-state index in [1.54, 1.807) is 0 Å². The Morgan fingerprint density at radius 1 is 1.33 bits per heavy atom. The zero-order valence-corrected chi connectivity index (χ0v) is 13.9. The molecule has 0 radical (unpaired) electrons. The van der Waals surface area contributed by atoms with Gasteiger partial charge in [-0.2, -0.15) is 0 Å². The highest BCUT2D eigenvalue weighted by molar-refractivity contribution is 7.89. The summed E-state index contributed by atoms with van der Waals surface area (Å²) >= 11 is 5.76. The number of carboxylic acids is 1. The average Bonchev–Trinajstić information content (AvgIpc) is 2.49. The number of nitrogens with zero attached hydrogens (tertiary/aromatic N) is 1. The molecule has 0 fully saturated rings. The summed E-state index contributed by atoms with van der Waals surface area (Å²) in [6, 6.07) is 6.54. The molecule has 3 N–H and O–H groups in total. The van der Waals surface area contributed by atoms with Gasteiger partial charge in [0.05, 0.1) is 11.4 Å². The normalized spacial score (nSPS) is 11.4. The van der Waals surface area contributed by atoms with Gasteiger partial charge in [-0.05, 0) is 18.2 Å². The van der Waals surface area contributed by atoms with Crippen LogP contribution in [0, 0.1) is 0 Å². The molecule has 0 atom stereocenters. The summed E-state index contributed by atoms with van der Waals surface area (Å²) in [6.45, 7) is -0.346. The lowest BCUT2D eigenvalue weighted by Crippen LogP contribution is -2.27. The number of carbonyl (C=O) groups is 1. The molecule has 0 saturated heterocycles. The van der Waals surface area contributed by atoms with Gasteiger partial charge in [-0.3, -0.25) is 4.79 Å². The predicted octanol–water partition coefficient (Wildman–Crippen LogP) is 0.921. The number of carboxylic acid groups (broad SMARTS) is 1. The van der Waals surface area contributed by atoms with Gasteiger partial charge in [0.15, 0.2) is 11.4 Å². The van der Waals surface area contributed by atoms with Crippen LogP contribution in [0.4, 0.5) is 0 Å².